The number of methoxy groups -OCH3 is 1. The fourth-order valence-corrected chi connectivity index (χ4v) is 3.59. The molecule has 1 aromatic rings. The van der Waals surface area contributed by atoms with Crippen molar-refractivity contribution >= 4 is 15.9 Å². The van der Waals surface area contributed by atoms with E-state index in [0.29, 0.717) is 5.41 Å². The molecule has 1 fully saturated rings. The molecule has 118 valence electrons. The maximum atomic E-state index is 5.35. The molecule has 1 aliphatic heterocycles. The number of benzene rings is 1. The van der Waals surface area contributed by atoms with Gasteiger partial charge in [0.25, 0.3) is 0 Å². The minimum atomic E-state index is 0.437. The van der Waals surface area contributed by atoms with Crippen LogP contribution in [-0.4, -0.2) is 25.1 Å². The topological polar surface area (TPSA) is 12.5 Å². The summed E-state index contributed by atoms with van der Waals surface area (Å²) in [6, 6.07) is 6.24. The standard InChI is InChI=1S/C18H28BrNO/c1-18(2,3)15-6-5-10-20(11-9-15)13-14-12-16(21-4)7-8-17(14)19/h7-8,12,15H,5-6,9-11,13H2,1-4H3. The molecule has 0 aromatic heterocycles. The number of hydrogen-bond donors (Lipinski definition) is 0. The number of rotatable bonds is 3. The maximum absolute atomic E-state index is 5.35. The van der Waals surface area contributed by atoms with Gasteiger partial charge in [-0.15, -0.1) is 0 Å². The molecule has 1 heterocycles. The summed E-state index contributed by atoms with van der Waals surface area (Å²) < 4.78 is 6.53. The molecule has 2 rings (SSSR count). The fraction of sp³-hybridized carbons (Fsp3) is 0.667. The fourth-order valence-electron chi connectivity index (χ4n) is 3.22. The molecule has 21 heavy (non-hydrogen) atoms. The van der Waals surface area contributed by atoms with E-state index in [1.165, 1.54) is 42.4 Å². The van der Waals surface area contributed by atoms with E-state index >= 15 is 0 Å². The third-order valence-corrected chi connectivity index (χ3v) is 5.47. The summed E-state index contributed by atoms with van der Waals surface area (Å²) >= 11 is 3.67. The second-order valence-electron chi connectivity index (χ2n) is 7.23. The van der Waals surface area contributed by atoms with Gasteiger partial charge in [0.1, 0.15) is 5.75 Å². The van der Waals surface area contributed by atoms with Crippen LogP contribution in [0.3, 0.4) is 0 Å². The smallest absolute Gasteiger partial charge is 0.119 e. The minimum Gasteiger partial charge on any atom is -0.497 e. The third kappa shape index (κ3) is 4.72. The average molecular weight is 354 g/mol. The summed E-state index contributed by atoms with van der Waals surface area (Å²) in [7, 11) is 1.73. The summed E-state index contributed by atoms with van der Waals surface area (Å²) in [4.78, 5) is 2.59. The first kappa shape index (κ1) is 16.8. The first-order chi connectivity index (χ1) is 9.90. The molecule has 0 spiro atoms. The van der Waals surface area contributed by atoms with Crippen LogP contribution in [0.25, 0.3) is 0 Å². The van der Waals surface area contributed by atoms with Crippen molar-refractivity contribution in [3.8, 4) is 5.75 Å². The second-order valence-corrected chi connectivity index (χ2v) is 8.08. The summed E-state index contributed by atoms with van der Waals surface area (Å²) in [5.74, 6) is 1.78. The molecular formula is C18H28BrNO. The molecule has 0 bridgehead atoms. The van der Waals surface area contributed by atoms with E-state index in [1.807, 2.05) is 6.07 Å². The number of hydrogen-bond acceptors (Lipinski definition) is 2. The van der Waals surface area contributed by atoms with Gasteiger partial charge in [-0.2, -0.15) is 0 Å². The van der Waals surface area contributed by atoms with Crippen LogP contribution in [-0.2, 0) is 6.54 Å². The quantitative estimate of drug-likeness (QED) is 0.748. The van der Waals surface area contributed by atoms with Crippen molar-refractivity contribution in [3.63, 3.8) is 0 Å². The van der Waals surface area contributed by atoms with Gasteiger partial charge in [-0.05, 0) is 67.4 Å². The highest BCUT2D eigenvalue weighted by molar-refractivity contribution is 9.10. The zero-order chi connectivity index (χ0) is 15.5. The van der Waals surface area contributed by atoms with Gasteiger partial charge < -0.3 is 4.74 Å². The second kappa shape index (κ2) is 7.15. The SMILES string of the molecule is COc1ccc(Br)c(CN2CCCC(C(C)(C)C)CC2)c1. The number of halogens is 1. The molecule has 1 aromatic carbocycles. The Hall–Kier alpha value is -0.540. The molecule has 3 heteroatoms. The molecule has 2 nitrogen and oxygen atoms in total. The predicted octanol–water partition coefficient (Wildman–Crippen LogP) is 5.11. The Bertz CT molecular complexity index is 467. The van der Waals surface area contributed by atoms with Crippen molar-refractivity contribution in [1.82, 2.24) is 4.90 Å². The summed E-state index contributed by atoms with van der Waals surface area (Å²) in [6.07, 6.45) is 3.98. The summed E-state index contributed by atoms with van der Waals surface area (Å²) in [6.45, 7) is 10.6. The molecule has 1 saturated heterocycles. The zero-order valence-corrected chi connectivity index (χ0v) is 15.4. The molecule has 1 aliphatic rings. The van der Waals surface area contributed by atoms with Gasteiger partial charge in [-0.25, -0.2) is 0 Å². The lowest BCUT2D eigenvalue weighted by molar-refractivity contribution is 0.206. The van der Waals surface area contributed by atoms with Crippen LogP contribution in [0.2, 0.25) is 0 Å². The molecule has 0 N–H and O–H groups in total. The van der Waals surface area contributed by atoms with E-state index in [9.17, 15) is 0 Å². The molecule has 0 amide bonds. The number of nitrogens with zero attached hydrogens (tertiary/aromatic N) is 1. The predicted molar refractivity (Wildman–Crippen MR) is 92.8 cm³/mol. The van der Waals surface area contributed by atoms with E-state index in [0.717, 1.165) is 18.2 Å². The normalized spacial score (nSPS) is 21.1. The highest BCUT2D eigenvalue weighted by Crippen LogP contribution is 2.35. The minimum absolute atomic E-state index is 0.437. The van der Waals surface area contributed by atoms with Gasteiger partial charge in [0.05, 0.1) is 7.11 Å². The van der Waals surface area contributed by atoms with Gasteiger partial charge in [0, 0.05) is 11.0 Å². The van der Waals surface area contributed by atoms with Crippen LogP contribution < -0.4 is 4.74 Å². The van der Waals surface area contributed by atoms with Crippen molar-refractivity contribution in [3.05, 3.63) is 28.2 Å². The van der Waals surface area contributed by atoms with Crippen LogP contribution >= 0.6 is 15.9 Å². The summed E-state index contributed by atoms with van der Waals surface area (Å²) in [5.41, 5.74) is 1.76. The molecule has 0 radical (unpaired) electrons. The number of ether oxygens (including phenoxy) is 1. The van der Waals surface area contributed by atoms with Crippen molar-refractivity contribution in [2.24, 2.45) is 11.3 Å². The lowest BCUT2D eigenvalue weighted by Crippen LogP contribution is -2.26. The van der Waals surface area contributed by atoms with Crippen LogP contribution in [0.15, 0.2) is 22.7 Å². The van der Waals surface area contributed by atoms with Gasteiger partial charge in [-0.1, -0.05) is 36.7 Å². The summed E-state index contributed by atoms with van der Waals surface area (Å²) in [5, 5.41) is 0. The van der Waals surface area contributed by atoms with Crippen molar-refractivity contribution in [2.45, 2.75) is 46.6 Å². The van der Waals surface area contributed by atoms with Crippen LogP contribution in [0.5, 0.6) is 5.75 Å². The van der Waals surface area contributed by atoms with Crippen LogP contribution in [0.4, 0.5) is 0 Å². The lowest BCUT2D eigenvalue weighted by Gasteiger charge is -2.29. The molecule has 0 saturated carbocycles. The Labute approximate surface area is 138 Å². The van der Waals surface area contributed by atoms with Crippen molar-refractivity contribution in [2.75, 3.05) is 20.2 Å². The maximum Gasteiger partial charge on any atom is 0.119 e. The molecule has 0 aliphatic carbocycles. The lowest BCUT2D eigenvalue weighted by atomic mass is 9.77. The first-order valence-corrected chi connectivity index (χ1v) is 8.74. The van der Waals surface area contributed by atoms with E-state index in [2.05, 4.69) is 53.7 Å². The van der Waals surface area contributed by atoms with E-state index in [1.54, 1.807) is 7.11 Å². The van der Waals surface area contributed by atoms with Crippen LogP contribution in [0, 0.1) is 11.3 Å². The average Bonchev–Trinajstić information content (AvgIpc) is 2.66. The van der Waals surface area contributed by atoms with Gasteiger partial charge in [0.2, 0.25) is 0 Å². The Morgan fingerprint density at radius 2 is 2.00 bits per heavy atom. The van der Waals surface area contributed by atoms with E-state index < -0.39 is 0 Å². The number of likely N-dealkylation sites (tertiary alicyclic amines) is 1. The van der Waals surface area contributed by atoms with E-state index in [4.69, 9.17) is 4.74 Å². The molecular weight excluding hydrogens is 326 g/mol. The monoisotopic (exact) mass is 353 g/mol. The highest BCUT2D eigenvalue weighted by Gasteiger charge is 2.27. The Morgan fingerprint density at radius 3 is 2.67 bits per heavy atom. The van der Waals surface area contributed by atoms with Crippen molar-refractivity contribution in [1.29, 1.82) is 0 Å². The largest absolute Gasteiger partial charge is 0.497 e. The first-order valence-electron chi connectivity index (χ1n) is 7.95. The van der Waals surface area contributed by atoms with Crippen LogP contribution in [0.1, 0.15) is 45.6 Å². The Kier molecular flexibility index (Phi) is 5.73. The van der Waals surface area contributed by atoms with Crippen molar-refractivity contribution < 1.29 is 4.74 Å². The Balaban J connectivity index is 2.01. The molecule has 1 atom stereocenters. The van der Waals surface area contributed by atoms with Gasteiger partial charge >= 0.3 is 0 Å². The van der Waals surface area contributed by atoms with E-state index in [-0.39, 0.29) is 0 Å². The highest BCUT2D eigenvalue weighted by atomic mass is 79.9. The Morgan fingerprint density at radius 1 is 1.24 bits per heavy atom. The third-order valence-electron chi connectivity index (χ3n) is 4.69. The van der Waals surface area contributed by atoms with Gasteiger partial charge in [-0.3, -0.25) is 4.90 Å². The molecule has 1 unspecified atom stereocenters. The van der Waals surface area contributed by atoms with Gasteiger partial charge in [0.15, 0.2) is 0 Å². The zero-order valence-electron chi connectivity index (χ0n) is 13.8.